The Labute approximate surface area is 257 Å². The minimum absolute atomic E-state index is 0.252. The van der Waals surface area contributed by atoms with Gasteiger partial charge in [0.15, 0.2) is 5.44 Å². The Morgan fingerprint density at radius 3 is 1.40 bits per heavy atom. The van der Waals surface area contributed by atoms with Crippen LogP contribution in [0.4, 0.5) is 0 Å². The van der Waals surface area contributed by atoms with E-state index in [0.717, 1.165) is 22.3 Å². The molecule has 7 heteroatoms. The van der Waals surface area contributed by atoms with E-state index in [9.17, 15) is 4.21 Å². The average Bonchev–Trinajstić information content (AvgIpc) is 3.07. The first-order valence-corrected chi connectivity index (χ1v) is 16.2. The van der Waals surface area contributed by atoms with E-state index in [1.165, 1.54) is 0 Å². The summed E-state index contributed by atoms with van der Waals surface area (Å²) in [6.45, 7) is 3.62. The Morgan fingerprint density at radius 2 is 0.953 bits per heavy atom. The maximum atomic E-state index is 13.5. The van der Waals surface area contributed by atoms with Crippen LogP contribution >= 0.6 is 0 Å². The van der Waals surface area contributed by atoms with Crippen LogP contribution in [0.1, 0.15) is 29.2 Å². The minimum Gasteiger partial charge on any atom is -0.374 e. The molecule has 226 valence electrons. The summed E-state index contributed by atoms with van der Waals surface area (Å²) in [5.74, 6) is 0.425. The molecule has 0 bridgehead atoms. The summed E-state index contributed by atoms with van der Waals surface area (Å²) in [5.41, 5.74) is 3.43. The van der Waals surface area contributed by atoms with Crippen LogP contribution in [-0.2, 0) is 60.9 Å². The van der Waals surface area contributed by atoms with Gasteiger partial charge in [-0.2, -0.15) is 0 Å². The molecule has 0 aliphatic carbocycles. The number of benzene rings is 4. The summed E-state index contributed by atoms with van der Waals surface area (Å²) in [5, 5.41) is 0. The molecule has 4 aromatic rings. The maximum Gasteiger partial charge on any atom is 0.161 e. The molecule has 0 amide bonds. The van der Waals surface area contributed by atoms with Gasteiger partial charge in [0, 0.05) is 5.75 Å². The Hall–Kier alpha value is -3.17. The van der Waals surface area contributed by atoms with Crippen LogP contribution in [0.3, 0.4) is 0 Å². The molecular weight excluding hydrogens is 560 g/mol. The average molecular weight is 601 g/mol. The Kier molecular flexibility index (Phi) is 12.1. The molecule has 5 rings (SSSR count). The van der Waals surface area contributed by atoms with Gasteiger partial charge in [0.1, 0.15) is 24.4 Å². The van der Waals surface area contributed by atoms with Crippen LogP contribution in [0.2, 0.25) is 0 Å². The first-order chi connectivity index (χ1) is 21.2. The molecule has 0 aromatic heterocycles. The molecule has 43 heavy (non-hydrogen) atoms. The summed E-state index contributed by atoms with van der Waals surface area (Å²) in [6, 6.07) is 40.0. The monoisotopic (exact) mass is 600 g/mol. The summed E-state index contributed by atoms with van der Waals surface area (Å²) >= 11 is 0. The van der Waals surface area contributed by atoms with Crippen LogP contribution in [0, 0.1) is 0 Å². The zero-order valence-corrected chi connectivity index (χ0v) is 25.4. The third-order valence-electron chi connectivity index (χ3n) is 7.38. The molecule has 4 aromatic carbocycles. The van der Waals surface area contributed by atoms with E-state index in [1.54, 1.807) is 0 Å². The Balaban J connectivity index is 1.43. The first kappa shape index (κ1) is 31.3. The van der Waals surface area contributed by atoms with Gasteiger partial charge in [0.05, 0.1) is 43.8 Å². The van der Waals surface area contributed by atoms with Crippen molar-refractivity contribution in [3.05, 3.63) is 144 Å². The quantitative estimate of drug-likeness (QED) is 0.156. The first-order valence-electron chi connectivity index (χ1n) is 14.8. The highest BCUT2D eigenvalue weighted by Gasteiger charge is 2.50. The molecule has 1 saturated heterocycles. The molecule has 1 heterocycles. The lowest BCUT2D eigenvalue weighted by Crippen LogP contribution is -2.62. The molecule has 0 spiro atoms. The lowest BCUT2D eigenvalue weighted by molar-refractivity contribution is -0.255. The number of rotatable bonds is 15. The fraction of sp³-hybridized carbons (Fsp3) is 0.333. The van der Waals surface area contributed by atoms with E-state index in [-0.39, 0.29) is 6.61 Å². The second kappa shape index (κ2) is 16.6. The van der Waals surface area contributed by atoms with Crippen molar-refractivity contribution in [2.45, 2.75) is 63.2 Å². The fourth-order valence-corrected chi connectivity index (χ4v) is 6.25. The van der Waals surface area contributed by atoms with E-state index in [2.05, 4.69) is 0 Å². The van der Waals surface area contributed by atoms with Gasteiger partial charge in [0.2, 0.25) is 0 Å². The van der Waals surface area contributed by atoms with Crippen LogP contribution in [0.15, 0.2) is 121 Å². The van der Waals surface area contributed by atoms with Gasteiger partial charge in [-0.15, -0.1) is 0 Å². The fourth-order valence-electron chi connectivity index (χ4n) is 5.12. The number of hydrogen-bond donors (Lipinski definition) is 0. The Bertz CT molecular complexity index is 1360. The van der Waals surface area contributed by atoms with Crippen molar-refractivity contribution in [2.24, 2.45) is 0 Å². The predicted octanol–water partition coefficient (Wildman–Crippen LogP) is 6.45. The number of ether oxygens (including phenoxy) is 5. The topological polar surface area (TPSA) is 63.2 Å². The highest BCUT2D eigenvalue weighted by atomic mass is 32.2. The van der Waals surface area contributed by atoms with Crippen molar-refractivity contribution in [2.75, 3.05) is 12.4 Å². The van der Waals surface area contributed by atoms with Crippen LogP contribution < -0.4 is 0 Å². The zero-order valence-electron chi connectivity index (χ0n) is 24.5. The van der Waals surface area contributed by atoms with Crippen LogP contribution in [0.5, 0.6) is 0 Å². The predicted molar refractivity (Wildman–Crippen MR) is 168 cm³/mol. The molecule has 1 unspecified atom stereocenters. The van der Waals surface area contributed by atoms with E-state index in [1.807, 2.05) is 128 Å². The minimum atomic E-state index is -1.33. The van der Waals surface area contributed by atoms with Gasteiger partial charge in [-0.05, 0) is 22.3 Å². The van der Waals surface area contributed by atoms with Crippen molar-refractivity contribution >= 4 is 10.8 Å². The third-order valence-corrected chi connectivity index (χ3v) is 8.85. The largest absolute Gasteiger partial charge is 0.374 e. The van der Waals surface area contributed by atoms with Crippen LogP contribution in [-0.4, -0.2) is 46.4 Å². The van der Waals surface area contributed by atoms with Gasteiger partial charge >= 0.3 is 0 Å². The zero-order chi connectivity index (χ0) is 29.7. The highest BCUT2D eigenvalue weighted by Crippen LogP contribution is 2.32. The molecule has 1 aliphatic heterocycles. The SMILES string of the molecule is CCS(=O)[C@H]1O[C@H](COCc2ccccc2)[C@@H](OCc2ccccc2)[C@H](OCc2ccccc2)[C@@H]1OCc1ccccc1. The number of hydrogen-bond acceptors (Lipinski definition) is 6. The lowest BCUT2D eigenvalue weighted by atomic mass is 9.98. The third kappa shape index (κ3) is 9.16. The molecule has 1 fully saturated rings. The van der Waals surface area contributed by atoms with Gasteiger partial charge in [-0.25, -0.2) is 0 Å². The summed E-state index contributed by atoms with van der Waals surface area (Å²) in [7, 11) is -1.33. The van der Waals surface area contributed by atoms with E-state index in [0.29, 0.717) is 32.2 Å². The second-order valence-corrected chi connectivity index (χ2v) is 12.3. The normalized spacial score (nSPS) is 22.7. The summed E-state index contributed by atoms with van der Waals surface area (Å²) in [6.07, 6.45) is -2.25. The van der Waals surface area contributed by atoms with E-state index in [4.69, 9.17) is 23.7 Å². The van der Waals surface area contributed by atoms with Gasteiger partial charge in [0.25, 0.3) is 0 Å². The van der Waals surface area contributed by atoms with Crippen molar-refractivity contribution < 1.29 is 27.9 Å². The summed E-state index contributed by atoms with van der Waals surface area (Å²) in [4.78, 5) is 0. The van der Waals surface area contributed by atoms with Crippen molar-refractivity contribution in [3.63, 3.8) is 0 Å². The lowest BCUT2D eigenvalue weighted by Gasteiger charge is -2.45. The van der Waals surface area contributed by atoms with Crippen molar-refractivity contribution in [1.82, 2.24) is 0 Å². The summed E-state index contributed by atoms with van der Waals surface area (Å²) < 4.78 is 46.1. The molecule has 6 nitrogen and oxygen atoms in total. The Morgan fingerprint density at radius 1 is 0.558 bits per heavy atom. The smallest absolute Gasteiger partial charge is 0.161 e. The highest BCUT2D eigenvalue weighted by molar-refractivity contribution is 7.85. The second-order valence-electron chi connectivity index (χ2n) is 10.5. The molecule has 1 aliphatic rings. The van der Waals surface area contributed by atoms with E-state index >= 15 is 0 Å². The van der Waals surface area contributed by atoms with Crippen LogP contribution in [0.25, 0.3) is 0 Å². The molecular formula is C36H40O6S. The van der Waals surface area contributed by atoms with Gasteiger partial charge < -0.3 is 23.7 Å². The molecule has 0 saturated carbocycles. The van der Waals surface area contributed by atoms with E-state index < -0.39 is 40.7 Å². The molecule has 0 N–H and O–H groups in total. The van der Waals surface area contributed by atoms with Gasteiger partial charge in [-0.1, -0.05) is 128 Å². The van der Waals surface area contributed by atoms with Crippen molar-refractivity contribution in [3.8, 4) is 0 Å². The van der Waals surface area contributed by atoms with Gasteiger partial charge in [-0.3, -0.25) is 4.21 Å². The molecule has 6 atom stereocenters. The van der Waals surface area contributed by atoms with Crippen molar-refractivity contribution in [1.29, 1.82) is 0 Å². The maximum absolute atomic E-state index is 13.5. The molecule has 0 radical (unpaired) electrons. The standard InChI is InChI=1S/C36H40O6S/c1-2-43(37)36-35(41-26-31-21-13-6-14-22-31)34(40-25-30-19-11-5-12-20-30)33(39-24-29-17-9-4-10-18-29)32(42-36)27-38-23-28-15-7-3-8-16-28/h3-22,32-36H,2,23-27H2,1H3/t32-,33-,34+,35+,36-,43?/m1/s1.